The van der Waals surface area contributed by atoms with Crippen molar-refractivity contribution in [1.29, 1.82) is 0 Å². The lowest BCUT2D eigenvalue weighted by molar-refractivity contribution is -0.113. The molecule has 8 heteroatoms. The molecule has 1 N–H and O–H groups in total. The van der Waals surface area contributed by atoms with Crippen LogP contribution in [0.5, 0.6) is 17.2 Å². The third-order valence-electron chi connectivity index (χ3n) is 6.50. The van der Waals surface area contributed by atoms with Gasteiger partial charge in [0.25, 0.3) is 0 Å². The smallest absolute Gasteiger partial charge is 0.234 e. The zero-order valence-electron chi connectivity index (χ0n) is 24.2. The van der Waals surface area contributed by atoms with Gasteiger partial charge in [0.2, 0.25) is 5.91 Å². The van der Waals surface area contributed by atoms with Crippen molar-refractivity contribution in [3.63, 3.8) is 0 Å². The summed E-state index contributed by atoms with van der Waals surface area (Å²) in [6.07, 6.45) is 0. The molecule has 0 aliphatic rings. The molecule has 1 amide bonds. The summed E-state index contributed by atoms with van der Waals surface area (Å²) in [4.78, 5) is 12.9. The van der Waals surface area contributed by atoms with Gasteiger partial charge < -0.3 is 14.8 Å². The Morgan fingerprint density at radius 3 is 2.10 bits per heavy atom. The maximum absolute atomic E-state index is 12.9. The van der Waals surface area contributed by atoms with E-state index in [2.05, 4.69) is 60.6 Å². The van der Waals surface area contributed by atoms with Crippen LogP contribution in [0.2, 0.25) is 0 Å². The summed E-state index contributed by atoms with van der Waals surface area (Å²) in [5.41, 5.74) is 3.80. The highest BCUT2D eigenvalue weighted by molar-refractivity contribution is 7.99. The third kappa shape index (κ3) is 7.19. The van der Waals surface area contributed by atoms with E-state index in [1.54, 1.807) is 0 Å². The van der Waals surface area contributed by atoms with Gasteiger partial charge in [-0.3, -0.25) is 9.36 Å². The molecule has 0 aliphatic heterocycles. The third-order valence-corrected chi connectivity index (χ3v) is 7.43. The first kappa shape index (κ1) is 29.0. The molecule has 0 saturated carbocycles. The van der Waals surface area contributed by atoms with Crippen LogP contribution in [-0.2, 0) is 10.2 Å². The summed E-state index contributed by atoms with van der Waals surface area (Å²) in [7, 11) is 0. The lowest BCUT2D eigenvalue weighted by Gasteiger charge is -2.19. The van der Waals surface area contributed by atoms with Crippen LogP contribution in [0.1, 0.15) is 33.3 Å². The summed E-state index contributed by atoms with van der Waals surface area (Å²) in [6.45, 7) is 9.13. The Labute approximate surface area is 250 Å². The Kier molecular flexibility index (Phi) is 8.93. The summed E-state index contributed by atoms with van der Waals surface area (Å²) in [5, 5.41) is 12.6. The monoisotopic (exact) mass is 578 g/mol. The molecule has 4 aromatic carbocycles. The number of carbonyl (C=O) groups excluding carboxylic acids is 1. The molecule has 0 spiro atoms. The van der Waals surface area contributed by atoms with Crippen molar-refractivity contribution in [3.05, 3.63) is 109 Å². The van der Waals surface area contributed by atoms with Gasteiger partial charge in [0.05, 0.1) is 12.4 Å². The highest BCUT2D eigenvalue weighted by atomic mass is 32.2. The zero-order valence-corrected chi connectivity index (χ0v) is 25.0. The standard InChI is InChI=1S/C34H34N4O3S/c1-5-40-28-21-17-27(18-22-28)38-32(24-11-13-25(14-12-24)34(2,3)4)36-37-33(38)42-23-31(39)35-26-15-19-30(20-16-26)41-29-9-7-6-8-10-29/h6-22H,5,23H2,1-4H3,(H,35,39). The number of hydrogen-bond donors (Lipinski definition) is 1. The number of carbonyl (C=O) groups is 1. The molecule has 1 aromatic heterocycles. The topological polar surface area (TPSA) is 78.3 Å². The molecular weight excluding hydrogens is 544 g/mol. The van der Waals surface area contributed by atoms with Crippen molar-refractivity contribution in [3.8, 4) is 34.3 Å². The number of nitrogens with one attached hydrogen (secondary N) is 1. The zero-order chi connectivity index (χ0) is 29.5. The van der Waals surface area contributed by atoms with Gasteiger partial charge in [0.15, 0.2) is 11.0 Å². The van der Waals surface area contributed by atoms with Gasteiger partial charge in [-0.15, -0.1) is 10.2 Å². The highest BCUT2D eigenvalue weighted by Crippen LogP contribution is 2.31. The number of rotatable bonds is 10. The van der Waals surface area contributed by atoms with Gasteiger partial charge in [-0.2, -0.15) is 0 Å². The first-order valence-corrected chi connectivity index (χ1v) is 14.8. The summed E-state index contributed by atoms with van der Waals surface area (Å²) < 4.78 is 13.5. The molecule has 0 aliphatic carbocycles. The maximum Gasteiger partial charge on any atom is 0.234 e. The van der Waals surface area contributed by atoms with E-state index in [4.69, 9.17) is 9.47 Å². The number of ether oxygens (including phenoxy) is 2. The minimum Gasteiger partial charge on any atom is -0.494 e. The van der Waals surface area contributed by atoms with Crippen LogP contribution in [0.25, 0.3) is 17.1 Å². The summed E-state index contributed by atoms with van der Waals surface area (Å²) >= 11 is 1.33. The fourth-order valence-electron chi connectivity index (χ4n) is 4.32. The van der Waals surface area contributed by atoms with Crippen molar-refractivity contribution in [1.82, 2.24) is 14.8 Å². The molecule has 7 nitrogen and oxygen atoms in total. The van der Waals surface area contributed by atoms with E-state index in [0.29, 0.717) is 29.0 Å². The Bertz CT molecular complexity index is 1610. The van der Waals surface area contributed by atoms with Crippen LogP contribution >= 0.6 is 11.8 Å². The predicted octanol–water partition coefficient (Wildman–Crippen LogP) is 8.15. The number of para-hydroxylation sites is 1. The molecule has 1 heterocycles. The van der Waals surface area contributed by atoms with Crippen molar-refractivity contribution >= 4 is 23.4 Å². The van der Waals surface area contributed by atoms with E-state index in [1.807, 2.05) is 90.4 Å². The van der Waals surface area contributed by atoms with Crippen LogP contribution in [0.15, 0.2) is 108 Å². The van der Waals surface area contributed by atoms with Crippen LogP contribution in [0.3, 0.4) is 0 Å². The molecule has 0 atom stereocenters. The van der Waals surface area contributed by atoms with E-state index in [0.717, 1.165) is 22.7 Å². The Balaban J connectivity index is 1.32. The minimum atomic E-state index is -0.144. The minimum absolute atomic E-state index is 0.0466. The van der Waals surface area contributed by atoms with Gasteiger partial charge in [0, 0.05) is 16.9 Å². The van der Waals surface area contributed by atoms with E-state index in [9.17, 15) is 4.79 Å². The van der Waals surface area contributed by atoms with Gasteiger partial charge >= 0.3 is 0 Å². The molecule has 214 valence electrons. The Hall–Kier alpha value is -4.56. The second-order valence-electron chi connectivity index (χ2n) is 10.7. The van der Waals surface area contributed by atoms with Crippen molar-refractivity contribution < 1.29 is 14.3 Å². The number of thioether (sulfide) groups is 1. The number of nitrogens with zero attached hydrogens (tertiary/aromatic N) is 3. The van der Waals surface area contributed by atoms with E-state index in [1.165, 1.54) is 17.3 Å². The summed E-state index contributed by atoms with van der Waals surface area (Å²) in [6, 6.07) is 33.1. The first-order chi connectivity index (χ1) is 20.3. The Morgan fingerprint density at radius 2 is 1.45 bits per heavy atom. The van der Waals surface area contributed by atoms with E-state index in [-0.39, 0.29) is 17.1 Å². The number of anilines is 1. The molecule has 5 rings (SSSR count). The number of amides is 1. The van der Waals surface area contributed by atoms with Crippen molar-refractivity contribution in [2.24, 2.45) is 0 Å². The van der Waals surface area contributed by atoms with E-state index >= 15 is 0 Å². The number of benzene rings is 4. The predicted molar refractivity (Wildman–Crippen MR) is 169 cm³/mol. The largest absolute Gasteiger partial charge is 0.494 e. The van der Waals surface area contributed by atoms with Crippen LogP contribution in [0, 0.1) is 0 Å². The fourth-order valence-corrected chi connectivity index (χ4v) is 5.07. The number of hydrogen-bond acceptors (Lipinski definition) is 6. The fraction of sp³-hybridized carbons (Fsp3) is 0.206. The van der Waals surface area contributed by atoms with Crippen molar-refractivity contribution in [2.75, 3.05) is 17.7 Å². The van der Waals surface area contributed by atoms with Crippen LogP contribution in [-0.4, -0.2) is 33.0 Å². The average molecular weight is 579 g/mol. The summed E-state index contributed by atoms with van der Waals surface area (Å²) in [5.74, 6) is 2.97. The first-order valence-electron chi connectivity index (χ1n) is 13.9. The second-order valence-corrected chi connectivity index (χ2v) is 11.6. The lowest BCUT2D eigenvalue weighted by Crippen LogP contribution is -2.14. The Morgan fingerprint density at radius 1 is 0.810 bits per heavy atom. The maximum atomic E-state index is 12.9. The molecule has 0 radical (unpaired) electrons. The molecule has 5 aromatic rings. The molecular formula is C34H34N4O3S. The number of aromatic nitrogens is 3. The quantitative estimate of drug-likeness (QED) is 0.169. The second kappa shape index (κ2) is 13.0. The average Bonchev–Trinajstić information content (AvgIpc) is 3.42. The molecule has 42 heavy (non-hydrogen) atoms. The molecule has 0 fully saturated rings. The molecule has 0 saturated heterocycles. The lowest BCUT2D eigenvalue weighted by atomic mass is 9.87. The van der Waals surface area contributed by atoms with E-state index < -0.39 is 0 Å². The van der Waals surface area contributed by atoms with Gasteiger partial charge in [-0.25, -0.2) is 0 Å². The van der Waals surface area contributed by atoms with Gasteiger partial charge in [0.1, 0.15) is 17.2 Å². The van der Waals surface area contributed by atoms with Gasteiger partial charge in [-0.05, 0) is 78.6 Å². The van der Waals surface area contributed by atoms with Crippen LogP contribution in [0.4, 0.5) is 5.69 Å². The normalized spacial score (nSPS) is 11.2. The molecule has 0 unspecified atom stereocenters. The highest BCUT2D eigenvalue weighted by Gasteiger charge is 2.19. The van der Waals surface area contributed by atoms with Crippen LogP contribution < -0.4 is 14.8 Å². The van der Waals surface area contributed by atoms with Gasteiger partial charge in [-0.1, -0.05) is 75.0 Å². The van der Waals surface area contributed by atoms with Crippen molar-refractivity contribution in [2.45, 2.75) is 38.3 Å². The SMILES string of the molecule is CCOc1ccc(-n2c(SCC(=O)Nc3ccc(Oc4ccccc4)cc3)nnc2-c2ccc(C(C)(C)C)cc2)cc1. The molecule has 0 bridgehead atoms.